The van der Waals surface area contributed by atoms with Crippen LogP contribution in [-0.2, 0) is 11.3 Å². The smallest absolute Gasteiger partial charge is 0.210 e. The van der Waals surface area contributed by atoms with Crippen molar-refractivity contribution in [3.8, 4) is 5.69 Å². The lowest BCUT2D eigenvalue weighted by Gasteiger charge is -2.13. The minimum Gasteiger partial charge on any atom is -0.376 e. The molecule has 10 heteroatoms. The first-order valence-electron chi connectivity index (χ1n) is 8.19. The van der Waals surface area contributed by atoms with Gasteiger partial charge in [-0.25, -0.2) is 4.68 Å². The molecule has 9 nitrogen and oxygen atoms in total. The summed E-state index contributed by atoms with van der Waals surface area (Å²) in [4.78, 5) is 0. The third-order valence-electron chi connectivity index (χ3n) is 4.04. The molecule has 25 heavy (non-hydrogen) atoms. The van der Waals surface area contributed by atoms with Gasteiger partial charge in [0.1, 0.15) is 0 Å². The Hall–Kier alpha value is -2.33. The van der Waals surface area contributed by atoms with Gasteiger partial charge in [-0.1, -0.05) is 30.0 Å². The van der Waals surface area contributed by atoms with Gasteiger partial charge in [0.05, 0.1) is 23.6 Å². The van der Waals surface area contributed by atoms with E-state index in [-0.39, 0.29) is 11.4 Å². The maximum Gasteiger partial charge on any atom is 0.210 e. The number of rotatable bonds is 6. The second kappa shape index (κ2) is 7.28. The van der Waals surface area contributed by atoms with Gasteiger partial charge >= 0.3 is 0 Å². The van der Waals surface area contributed by atoms with Crippen molar-refractivity contribution in [3.63, 3.8) is 0 Å². The molecule has 3 aromatic rings. The molecule has 0 aliphatic carbocycles. The third kappa shape index (κ3) is 3.54. The van der Waals surface area contributed by atoms with Crippen molar-refractivity contribution < 1.29 is 4.74 Å². The molecule has 2 aromatic heterocycles. The Labute approximate surface area is 148 Å². The third-order valence-corrected chi connectivity index (χ3v) is 5.11. The van der Waals surface area contributed by atoms with Gasteiger partial charge in [0.2, 0.25) is 5.16 Å². The van der Waals surface area contributed by atoms with E-state index < -0.39 is 0 Å². The van der Waals surface area contributed by atoms with Crippen LogP contribution in [0.15, 0.2) is 35.5 Å². The van der Waals surface area contributed by atoms with Crippen LogP contribution in [0.2, 0.25) is 0 Å². The van der Waals surface area contributed by atoms with E-state index in [1.165, 1.54) is 11.8 Å². The highest BCUT2D eigenvalue weighted by Crippen LogP contribution is 2.32. The first-order chi connectivity index (χ1) is 12.3. The fraction of sp³-hybridized carbons (Fsp3) is 0.467. The van der Waals surface area contributed by atoms with Gasteiger partial charge in [0, 0.05) is 6.61 Å². The number of aromatic nitrogens is 8. The van der Waals surface area contributed by atoms with Crippen molar-refractivity contribution in [1.82, 2.24) is 40.4 Å². The molecule has 1 fully saturated rings. The minimum atomic E-state index is -0.00977. The van der Waals surface area contributed by atoms with Crippen molar-refractivity contribution in [1.29, 1.82) is 0 Å². The molecule has 4 rings (SSSR count). The molecule has 1 saturated heterocycles. The SMILES string of the molecule is C[C@H](Sc1nnnn1C[C@@H]1CCCO1)c1nnnn1-c1ccccc1. The summed E-state index contributed by atoms with van der Waals surface area (Å²) in [5.74, 6) is 0.753. The van der Waals surface area contributed by atoms with Crippen LogP contribution in [-0.4, -0.2) is 53.1 Å². The predicted molar refractivity (Wildman–Crippen MR) is 90.2 cm³/mol. The van der Waals surface area contributed by atoms with Crippen LogP contribution in [0.1, 0.15) is 30.8 Å². The number of hydrogen-bond donors (Lipinski definition) is 0. The van der Waals surface area contributed by atoms with Gasteiger partial charge in [-0.3, -0.25) is 0 Å². The monoisotopic (exact) mass is 358 g/mol. The molecule has 0 N–H and O–H groups in total. The normalized spacial score (nSPS) is 18.5. The van der Waals surface area contributed by atoms with Crippen molar-refractivity contribution in [2.75, 3.05) is 6.61 Å². The first-order valence-corrected chi connectivity index (χ1v) is 9.07. The number of ether oxygens (including phenoxy) is 1. The second-order valence-electron chi connectivity index (χ2n) is 5.82. The van der Waals surface area contributed by atoms with E-state index in [0.717, 1.165) is 36.1 Å². The van der Waals surface area contributed by atoms with Crippen LogP contribution in [0.25, 0.3) is 5.69 Å². The van der Waals surface area contributed by atoms with E-state index in [9.17, 15) is 0 Å². The quantitative estimate of drug-likeness (QED) is 0.614. The zero-order valence-corrected chi connectivity index (χ0v) is 14.6. The van der Waals surface area contributed by atoms with Crippen molar-refractivity contribution in [3.05, 3.63) is 36.2 Å². The average Bonchev–Trinajstić information content (AvgIpc) is 3.38. The predicted octanol–water partition coefficient (Wildman–Crippen LogP) is 1.68. The highest BCUT2D eigenvalue weighted by molar-refractivity contribution is 7.99. The summed E-state index contributed by atoms with van der Waals surface area (Å²) < 4.78 is 9.21. The second-order valence-corrected chi connectivity index (χ2v) is 7.13. The van der Waals surface area contributed by atoms with Gasteiger partial charge in [-0.05, 0) is 52.8 Å². The molecule has 2 atom stereocenters. The molecule has 0 saturated carbocycles. The number of benzene rings is 1. The molecular weight excluding hydrogens is 340 g/mol. The lowest BCUT2D eigenvalue weighted by atomic mass is 10.2. The Balaban J connectivity index is 1.51. The van der Waals surface area contributed by atoms with Crippen molar-refractivity contribution in [2.24, 2.45) is 0 Å². The molecular formula is C15H18N8OS. The summed E-state index contributed by atoms with van der Waals surface area (Å²) in [6, 6.07) is 9.82. The minimum absolute atomic E-state index is 0.00977. The molecule has 1 aliphatic heterocycles. The Morgan fingerprint density at radius 2 is 2.04 bits per heavy atom. The Bertz CT molecular complexity index is 814. The van der Waals surface area contributed by atoms with Crippen LogP contribution >= 0.6 is 11.8 Å². The van der Waals surface area contributed by atoms with E-state index in [4.69, 9.17) is 4.74 Å². The number of tetrazole rings is 2. The number of nitrogens with zero attached hydrogens (tertiary/aromatic N) is 8. The molecule has 1 aromatic carbocycles. The molecule has 0 amide bonds. The van der Waals surface area contributed by atoms with Crippen LogP contribution in [0, 0.1) is 0 Å². The van der Waals surface area contributed by atoms with Crippen molar-refractivity contribution in [2.45, 2.75) is 42.8 Å². The molecule has 0 radical (unpaired) electrons. The van der Waals surface area contributed by atoms with Gasteiger partial charge in [-0.2, -0.15) is 4.68 Å². The van der Waals surface area contributed by atoms with E-state index in [0.29, 0.717) is 6.54 Å². The van der Waals surface area contributed by atoms with E-state index in [1.54, 1.807) is 9.36 Å². The molecule has 130 valence electrons. The number of para-hydroxylation sites is 1. The van der Waals surface area contributed by atoms with Crippen LogP contribution in [0.3, 0.4) is 0 Å². The largest absolute Gasteiger partial charge is 0.376 e. The summed E-state index contributed by atoms with van der Waals surface area (Å²) in [7, 11) is 0. The summed E-state index contributed by atoms with van der Waals surface area (Å²) in [5.41, 5.74) is 0.925. The van der Waals surface area contributed by atoms with Crippen molar-refractivity contribution >= 4 is 11.8 Å². The summed E-state index contributed by atoms with van der Waals surface area (Å²) >= 11 is 1.53. The van der Waals surface area contributed by atoms with Crippen LogP contribution < -0.4 is 0 Å². The zero-order valence-electron chi connectivity index (χ0n) is 13.8. The van der Waals surface area contributed by atoms with E-state index >= 15 is 0 Å². The maximum atomic E-state index is 5.67. The topological polar surface area (TPSA) is 96.4 Å². The average molecular weight is 358 g/mol. The lowest BCUT2D eigenvalue weighted by Crippen LogP contribution is -2.17. The maximum absolute atomic E-state index is 5.67. The highest BCUT2D eigenvalue weighted by atomic mass is 32.2. The number of thioether (sulfide) groups is 1. The zero-order chi connectivity index (χ0) is 17.1. The Kier molecular flexibility index (Phi) is 4.70. The van der Waals surface area contributed by atoms with Gasteiger partial charge < -0.3 is 4.74 Å². The van der Waals surface area contributed by atoms with Crippen LogP contribution in [0.4, 0.5) is 0 Å². The standard InChI is InChI=1S/C15H18N8OS/c1-11(14-16-18-21-23(14)12-6-3-2-4-7-12)25-15-17-19-20-22(15)10-13-8-5-9-24-13/h2-4,6-7,11,13H,5,8-10H2,1H3/t11-,13-/m0/s1. The summed E-state index contributed by atoms with van der Waals surface area (Å²) in [6.07, 6.45) is 2.33. The molecule has 0 unspecified atom stereocenters. The fourth-order valence-electron chi connectivity index (χ4n) is 2.79. The fourth-order valence-corrected chi connectivity index (χ4v) is 3.67. The highest BCUT2D eigenvalue weighted by Gasteiger charge is 2.23. The molecule has 1 aliphatic rings. The summed E-state index contributed by atoms with van der Waals surface area (Å²) in [5, 5.41) is 24.9. The van der Waals surface area contributed by atoms with E-state index in [1.807, 2.05) is 37.3 Å². The first kappa shape index (κ1) is 16.2. The molecule has 0 spiro atoms. The Morgan fingerprint density at radius 1 is 1.20 bits per heavy atom. The van der Waals surface area contributed by atoms with Gasteiger partial charge in [0.25, 0.3) is 0 Å². The lowest BCUT2D eigenvalue weighted by molar-refractivity contribution is 0.0911. The number of hydrogen-bond acceptors (Lipinski definition) is 8. The van der Waals surface area contributed by atoms with Gasteiger partial charge in [-0.15, -0.1) is 10.2 Å². The van der Waals surface area contributed by atoms with Crippen LogP contribution in [0.5, 0.6) is 0 Å². The Morgan fingerprint density at radius 3 is 2.84 bits per heavy atom. The summed E-state index contributed by atoms with van der Waals surface area (Å²) in [6.45, 7) is 3.53. The molecule has 3 heterocycles. The van der Waals surface area contributed by atoms with E-state index in [2.05, 4.69) is 31.1 Å². The molecule has 0 bridgehead atoms. The van der Waals surface area contributed by atoms with Gasteiger partial charge in [0.15, 0.2) is 5.82 Å².